The molecule has 2 heteroatoms. The molecule has 2 nitrogen and oxygen atoms in total. The van der Waals surface area contributed by atoms with Crippen molar-refractivity contribution in [2.45, 2.75) is 39.7 Å². The van der Waals surface area contributed by atoms with Gasteiger partial charge in [0.15, 0.2) is 0 Å². The van der Waals surface area contributed by atoms with Crippen molar-refractivity contribution >= 4 is 5.97 Å². The number of hydrogen-bond acceptors (Lipinski definition) is 2. The molecule has 0 N–H and O–H groups in total. The molecule has 22 heavy (non-hydrogen) atoms. The van der Waals surface area contributed by atoms with E-state index in [0.29, 0.717) is 6.42 Å². The third kappa shape index (κ3) is 4.20. The van der Waals surface area contributed by atoms with Crippen molar-refractivity contribution in [3.63, 3.8) is 0 Å². The summed E-state index contributed by atoms with van der Waals surface area (Å²) in [7, 11) is 0. The maximum absolute atomic E-state index is 12.4. The number of carbonyl (C=O) groups is 1. The van der Waals surface area contributed by atoms with E-state index < -0.39 is 5.41 Å². The summed E-state index contributed by atoms with van der Waals surface area (Å²) in [4.78, 5) is 12.4. The number of esters is 1. The SMILES string of the molecule is CCC(C)(C)C(=O)OC(Cc1ccccc1)c1ccccc1. The lowest BCUT2D eigenvalue weighted by atomic mass is 9.90. The fraction of sp³-hybridized carbons (Fsp3) is 0.350. The second kappa shape index (κ2) is 7.26. The molecular formula is C20H24O2. The molecule has 1 unspecified atom stereocenters. The Morgan fingerprint density at radius 2 is 1.55 bits per heavy atom. The molecule has 0 saturated heterocycles. The monoisotopic (exact) mass is 296 g/mol. The smallest absolute Gasteiger partial charge is 0.312 e. The lowest BCUT2D eigenvalue weighted by Crippen LogP contribution is -2.28. The Morgan fingerprint density at radius 1 is 1.00 bits per heavy atom. The predicted octanol–water partition coefficient (Wildman–Crippen LogP) is 4.95. The van der Waals surface area contributed by atoms with E-state index in [0.717, 1.165) is 12.0 Å². The molecule has 0 radical (unpaired) electrons. The highest BCUT2D eigenvalue weighted by atomic mass is 16.5. The van der Waals surface area contributed by atoms with Crippen LogP contribution in [0.2, 0.25) is 0 Å². The minimum atomic E-state index is -0.455. The summed E-state index contributed by atoms with van der Waals surface area (Å²) in [5.74, 6) is -0.139. The summed E-state index contributed by atoms with van der Waals surface area (Å²) in [5.41, 5.74) is 1.74. The Balaban J connectivity index is 2.21. The molecule has 0 bridgehead atoms. The molecule has 2 aromatic carbocycles. The van der Waals surface area contributed by atoms with Crippen molar-refractivity contribution in [3.8, 4) is 0 Å². The van der Waals surface area contributed by atoms with Gasteiger partial charge in [0.2, 0.25) is 0 Å². The zero-order chi connectivity index (χ0) is 16.0. The van der Waals surface area contributed by atoms with Crippen LogP contribution in [-0.2, 0) is 16.0 Å². The molecule has 0 aromatic heterocycles. The molecule has 0 saturated carbocycles. The van der Waals surface area contributed by atoms with Crippen molar-refractivity contribution in [2.24, 2.45) is 5.41 Å². The van der Waals surface area contributed by atoms with E-state index in [4.69, 9.17) is 4.74 Å². The third-order valence-corrected chi connectivity index (χ3v) is 4.12. The maximum atomic E-state index is 12.4. The van der Waals surface area contributed by atoms with Gasteiger partial charge in [-0.2, -0.15) is 0 Å². The highest BCUT2D eigenvalue weighted by Crippen LogP contribution is 2.28. The molecule has 2 aromatic rings. The van der Waals surface area contributed by atoms with Crippen LogP contribution < -0.4 is 0 Å². The summed E-state index contributed by atoms with van der Waals surface area (Å²) < 4.78 is 5.86. The van der Waals surface area contributed by atoms with E-state index in [2.05, 4.69) is 12.1 Å². The van der Waals surface area contributed by atoms with Gasteiger partial charge in [-0.1, -0.05) is 67.6 Å². The van der Waals surface area contributed by atoms with E-state index in [1.807, 2.05) is 69.3 Å². The molecule has 0 spiro atoms. The fourth-order valence-corrected chi connectivity index (χ4v) is 2.16. The van der Waals surface area contributed by atoms with Crippen molar-refractivity contribution in [1.82, 2.24) is 0 Å². The first-order valence-corrected chi connectivity index (χ1v) is 7.83. The molecule has 116 valence electrons. The highest BCUT2D eigenvalue weighted by molar-refractivity contribution is 5.76. The largest absolute Gasteiger partial charge is 0.457 e. The second-order valence-electron chi connectivity index (χ2n) is 6.23. The van der Waals surface area contributed by atoms with Gasteiger partial charge < -0.3 is 4.74 Å². The highest BCUT2D eigenvalue weighted by Gasteiger charge is 2.30. The molecule has 0 heterocycles. The standard InChI is InChI=1S/C20H24O2/c1-4-20(2,3)19(21)22-18(17-13-9-6-10-14-17)15-16-11-7-5-8-12-16/h5-14,18H,4,15H2,1-3H3. The van der Waals surface area contributed by atoms with Gasteiger partial charge in [0.25, 0.3) is 0 Å². The van der Waals surface area contributed by atoms with E-state index in [-0.39, 0.29) is 12.1 Å². The van der Waals surface area contributed by atoms with Gasteiger partial charge in [-0.05, 0) is 31.4 Å². The molecule has 0 aliphatic heterocycles. The van der Waals surface area contributed by atoms with Gasteiger partial charge in [0.1, 0.15) is 6.10 Å². The topological polar surface area (TPSA) is 26.3 Å². The van der Waals surface area contributed by atoms with Gasteiger partial charge in [-0.15, -0.1) is 0 Å². The third-order valence-electron chi connectivity index (χ3n) is 4.12. The number of rotatable bonds is 6. The summed E-state index contributed by atoms with van der Waals surface area (Å²) in [6.45, 7) is 5.87. The summed E-state index contributed by atoms with van der Waals surface area (Å²) in [6.07, 6.45) is 1.21. The Kier molecular flexibility index (Phi) is 5.37. The molecule has 0 aliphatic carbocycles. The van der Waals surface area contributed by atoms with Crippen LogP contribution in [0.1, 0.15) is 44.4 Å². The van der Waals surface area contributed by atoms with Gasteiger partial charge in [-0.25, -0.2) is 0 Å². The van der Waals surface area contributed by atoms with Crippen LogP contribution >= 0.6 is 0 Å². The molecule has 1 atom stereocenters. The first-order valence-electron chi connectivity index (χ1n) is 7.83. The van der Waals surface area contributed by atoms with Crippen molar-refractivity contribution in [1.29, 1.82) is 0 Å². The first-order chi connectivity index (χ1) is 10.5. The number of hydrogen-bond donors (Lipinski definition) is 0. The average molecular weight is 296 g/mol. The van der Waals surface area contributed by atoms with Crippen molar-refractivity contribution < 1.29 is 9.53 Å². The Hall–Kier alpha value is -2.09. The zero-order valence-corrected chi connectivity index (χ0v) is 13.6. The quantitative estimate of drug-likeness (QED) is 0.705. The Labute approximate surface area is 133 Å². The first kappa shape index (κ1) is 16.3. The maximum Gasteiger partial charge on any atom is 0.312 e. The van der Waals surface area contributed by atoms with Crippen LogP contribution in [0, 0.1) is 5.41 Å². The van der Waals surface area contributed by atoms with Crippen LogP contribution in [0.4, 0.5) is 0 Å². The zero-order valence-electron chi connectivity index (χ0n) is 13.6. The summed E-state index contributed by atoms with van der Waals surface area (Å²) in [6, 6.07) is 20.1. The molecule has 0 aliphatic rings. The predicted molar refractivity (Wildman–Crippen MR) is 89.5 cm³/mol. The lowest BCUT2D eigenvalue weighted by molar-refractivity contribution is -0.160. The molecule has 2 rings (SSSR count). The van der Waals surface area contributed by atoms with Crippen molar-refractivity contribution in [2.75, 3.05) is 0 Å². The second-order valence-corrected chi connectivity index (χ2v) is 6.23. The Bertz CT molecular complexity index is 588. The minimum Gasteiger partial charge on any atom is -0.457 e. The van der Waals surface area contributed by atoms with E-state index in [1.165, 1.54) is 5.56 Å². The molecule has 0 amide bonds. The minimum absolute atomic E-state index is 0.139. The number of benzene rings is 2. The number of ether oxygens (including phenoxy) is 1. The van der Waals surface area contributed by atoms with Crippen LogP contribution in [0.3, 0.4) is 0 Å². The van der Waals surface area contributed by atoms with E-state index in [9.17, 15) is 4.79 Å². The Morgan fingerprint density at radius 3 is 2.09 bits per heavy atom. The normalized spacial score (nSPS) is 12.7. The fourth-order valence-electron chi connectivity index (χ4n) is 2.16. The molecule has 0 fully saturated rings. The van der Waals surface area contributed by atoms with Crippen LogP contribution in [-0.4, -0.2) is 5.97 Å². The molecular weight excluding hydrogens is 272 g/mol. The van der Waals surface area contributed by atoms with Crippen LogP contribution in [0.15, 0.2) is 60.7 Å². The van der Waals surface area contributed by atoms with E-state index >= 15 is 0 Å². The number of carbonyl (C=O) groups excluding carboxylic acids is 1. The summed E-state index contributed by atoms with van der Waals surface area (Å²) in [5, 5.41) is 0. The van der Waals surface area contributed by atoms with Crippen LogP contribution in [0.25, 0.3) is 0 Å². The van der Waals surface area contributed by atoms with Crippen LogP contribution in [0.5, 0.6) is 0 Å². The van der Waals surface area contributed by atoms with Gasteiger partial charge in [0, 0.05) is 6.42 Å². The lowest BCUT2D eigenvalue weighted by Gasteiger charge is -2.25. The van der Waals surface area contributed by atoms with Crippen molar-refractivity contribution in [3.05, 3.63) is 71.8 Å². The van der Waals surface area contributed by atoms with Gasteiger partial charge in [0.05, 0.1) is 5.41 Å². The average Bonchev–Trinajstić information content (AvgIpc) is 2.56. The van der Waals surface area contributed by atoms with E-state index in [1.54, 1.807) is 0 Å². The van der Waals surface area contributed by atoms with Gasteiger partial charge >= 0.3 is 5.97 Å². The summed E-state index contributed by atoms with van der Waals surface area (Å²) >= 11 is 0. The van der Waals surface area contributed by atoms with Gasteiger partial charge in [-0.3, -0.25) is 4.79 Å².